The van der Waals surface area contributed by atoms with Crippen LogP contribution in [0.3, 0.4) is 0 Å². The van der Waals surface area contributed by atoms with E-state index < -0.39 is 9.84 Å². The van der Waals surface area contributed by atoms with E-state index in [4.69, 9.17) is 10.5 Å². The zero-order valence-electron chi connectivity index (χ0n) is 9.23. The van der Waals surface area contributed by atoms with Crippen molar-refractivity contribution in [2.75, 3.05) is 11.5 Å². The Labute approximate surface area is 109 Å². The van der Waals surface area contributed by atoms with Crippen molar-refractivity contribution in [3.8, 4) is 5.75 Å². The number of hydrogen-bond donors (Lipinski definition) is 1. The van der Waals surface area contributed by atoms with Crippen LogP contribution in [0.15, 0.2) is 22.7 Å². The van der Waals surface area contributed by atoms with Gasteiger partial charge in [-0.15, -0.1) is 0 Å². The fourth-order valence-corrected chi connectivity index (χ4v) is 3.96. The number of rotatable bonds is 3. The van der Waals surface area contributed by atoms with Crippen molar-refractivity contribution >= 4 is 25.8 Å². The number of sulfone groups is 1. The van der Waals surface area contributed by atoms with Crippen molar-refractivity contribution < 1.29 is 13.2 Å². The summed E-state index contributed by atoms with van der Waals surface area (Å²) in [6.07, 6.45) is 0.289. The number of hydrogen-bond acceptors (Lipinski definition) is 4. The van der Waals surface area contributed by atoms with E-state index in [1.54, 1.807) is 0 Å². The van der Waals surface area contributed by atoms with Crippen LogP contribution in [0.4, 0.5) is 0 Å². The highest BCUT2D eigenvalue weighted by Gasteiger charge is 2.30. The Hall–Kier alpha value is -0.590. The third kappa shape index (κ3) is 3.00. The summed E-state index contributed by atoms with van der Waals surface area (Å²) in [4.78, 5) is 0. The Kier molecular flexibility index (Phi) is 3.75. The van der Waals surface area contributed by atoms with Gasteiger partial charge in [-0.05, 0) is 28.4 Å². The van der Waals surface area contributed by atoms with Gasteiger partial charge in [0.15, 0.2) is 9.84 Å². The molecule has 0 aromatic heterocycles. The molecule has 1 saturated heterocycles. The molecule has 0 bridgehead atoms. The molecule has 1 heterocycles. The molecule has 1 aliphatic rings. The predicted molar refractivity (Wildman–Crippen MR) is 69.7 cm³/mol. The molecule has 6 heteroatoms. The first kappa shape index (κ1) is 12.9. The summed E-state index contributed by atoms with van der Waals surface area (Å²) in [6.45, 7) is 0.369. The molecule has 2 N–H and O–H groups in total. The first-order valence-electron chi connectivity index (χ1n) is 5.36. The highest BCUT2D eigenvalue weighted by Crippen LogP contribution is 2.31. The molecular formula is C11H14BrNO3S. The predicted octanol–water partition coefficient (Wildman–Crippen LogP) is 1.47. The first-order chi connectivity index (χ1) is 8.02. The van der Waals surface area contributed by atoms with Gasteiger partial charge in [-0.1, -0.05) is 12.1 Å². The Morgan fingerprint density at radius 1 is 1.47 bits per heavy atom. The zero-order valence-corrected chi connectivity index (χ0v) is 11.6. The molecule has 0 spiro atoms. The Morgan fingerprint density at radius 3 is 2.82 bits per heavy atom. The summed E-state index contributed by atoms with van der Waals surface area (Å²) in [7, 11) is -2.92. The van der Waals surface area contributed by atoms with Crippen molar-refractivity contribution in [2.24, 2.45) is 5.73 Å². The van der Waals surface area contributed by atoms with E-state index in [0.717, 1.165) is 10.0 Å². The molecule has 1 fully saturated rings. The first-order valence-corrected chi connectivity index (χ1v) is 7.98. The third-order valence-electron chi connectivity index (χ3n) is 2.74. The quantitative estimate of drug-likeness (QED) is 0.916. The molecule has 94 valence electrons. The van der Waals surface area contributed by atoms with Gasteiger partial charge < -0.3 is 10.5 Å². The average Bonchev–Trinajstić information content (AvgIpc) is 2.61. The Morgan fingerprint density at radius 2 is 2.24 bits per heavy atom. The van der Waals surface area contributed by atoms with Gasteiger partial charge in [-0.3, -0.25) is 0 Å². The van der Waals surface area contributed by atoms with Crippen molar-refractivity contribution in [1.29, 1.82) is 0 Å². The summed E-state index contributed by atoms with van der Waals surface area (Å²) in [6, 6.07) is 5.62. The monoisotopic (exact) mass is 319 g/mol. The van der Waals surface area contributed by atoms with Crippen molar-refractivity contribution in [2.45, 2.75) is 19.1 Å². The summed E-state index contributed by atoms with van der Waals surface area (Å²) in [5.41, 5.74) is 6.51. The van der Waals surface area contributed by atoms with E-state index in [9.17, 15) is 8.42 Å². The molecule has 4 nitrogen and oxygen atoms in total. The van der Waals surface area contributed by atoms with Gasteiger partial charge in [0.05, 0.1) is 16.0 Å². The molecule has 1 atom stereocenters. The number of nitrogens with two attached hydrogens (primary N) is 1. The van der Waals surface area contributed by atoms with Crippen LogP contribution in [0, 0.1) is 0 Å². The van der Waals surface area contributed by atoms with Gasteiger partial charge >= 0.3 is 0 Å². The van der Waals surface area contributed by atoms with Crippen LogP contribution < -0.4 is 10.5 Å². The van der Waals surface area contributed by atoms with Gasteiger partial charge in [-0.2, -0.15) is 0 Å². The maximum absolute atomic E-state index is 11.4. The highest BCUT2D eigenvalue weighted by molar-refractivity contribution is 9.10. The molecule has 1 aliphatic heterocycles. The van der Waals surface area contributed by atoms with Crippen molar-refractivity contribution in [3.05, 3.63) is 28.2 Å². The van der Waals surface area contributed by atoms with Gasteiger partial charge in [0.1, 0.15) is 11.9 Å². The van der Waals surface area contributed by atoms with Crippen LogP contribution in [0.25, 0.3) is 0 Å². The fraction of sp³-hybridized carbons (Fsp3) is 0.455. The molecule has 2 rings (SSSR count). The van der Waals surface area contributed by atoms with Crippen LogP contribution in [-0.4, -0.2) is 26.0 Å². The molecule has 1 unspecified atom stereocenters. The largest absolute Gasteiger partial charge is 0.488 e. The summed E-state index contributed by atoms with van der Waals surface area (Å²) >= 11 is 3.39. The molecule has 0 saturated carbocycles. The number of ether oxygens (including phenoxy) is 1. The maximum atomic E-state index is 11.4. The lowest BCUT2D eigenvalue weighted by Crippen LogP contribution is -2.19. The van der Waals surface area contributed by atoms with Crippen LogP contribution in [-0.2, 0) is 16.4 Å². The minimum Gasteiger partial charge on any atom is -0.488 e. The van der Waals surface area contributed by atoms with E-state index in [1.807, 2.05) is 18.2 Å². The lowest BCUT2D eigenvalue weighted by Gasteiger charge is -2.16. The summed E-state index contributed by atoms with van der Waals surface area (Å²) < 4.78 is 29.3. The normalized spacial score (nSPS) is 22.6. The SMILES string of the molecule is NCc1cccc(Br)c1OC1CCS(=O)(=O)C1. The Balaban J connectivity index is 2.19. The molecule has 1 aromatic carbocycles. The van der Waals surface area contributed by atoms with E-state index in [0.29, 0.717) is 18.7 Å². The van der Waals surface area contributed by atoms with Crippen LogP contribution >= 0.6 is 15.9 Å². The topological polar surface area (TPSA) is 69.4 Å². The summed E-state index contributed by atoms with van der Waals surface area (Å²) in [5.74, 6) is 0.968. The second-order valence-electron chi connectivity index (χ2n) is 4.08. The lowest BCUT2D eigenvalue weighted by molar-refractivity contribution is 0.225. The van der Waals surface area contributed by atoms with E-state index in [2.05, 4.69) is 15.9 Å². The van der Waals surface area contributed by atoms with Crippen LogP contribution in [0.5, 0.6) is 5.75 Å². The lowest BCUT2D eigenvalue weighted by atomic mass is 10.2. The number of para-hydroxylation sites is 1. The number of benzene rings is 1. The highest BCUT2D eigenvalue weighted by atomic mass is 79.9. The standard InChI is InChI=1S/C11H14BrNO3S/c12-10-3-1-2-8(6-13)11(10)16-9-4-5-17(14,15)7-9/h1-3,9H,4-7,13H2. The Bertz CT molecular complexity index is 515. The summed E-state index contributed by atoms with van der Waals surface area (Å²) in [5, 5.41) is 0. The second-order valence-corrected chi connectivity index (χ2v) is 7.16. The van der Waals surface area contributed by atoms with Gasteiger partial charge in [0, 0.05) is 12.1 Å². The second kappa shape index (κ2) is 4.96. The number of halogens is 1. The molecule has 0 aliphatic carbocycles. The minimum atomic E-state index is -2.92. The van der Waals surface area contributed by atoms with Gasteiger partial charge in [-0.25, -0.2) is 8.42 Å². The van der Waals surface area contributed by atoms with Crippen molar-refractivity contribution in [1.82, 2.24) is 0 Å². The fourth-order valence-electron chi connectivity index (χ4n) is 1.87. The third-order valence-corrected chi connectivity index (χ3v) is 5.11. The van der Waals surface area contributed by atoms with Crippen molar-refractivity contribution in [3.63, 3.8) is 0 Å². The van der Waals surface area contributed by atoms with Gasteiger partial charge in [0.25, 0.3) is 0 Å². The zero-order chi connectivity index (χ0) is 12.5. The van der Waals surface area contributed by atoms with E-state index in [1.165, 1.54) is 0 Å². The molecule has 1 aromatic rings. The minimum absolute atomic E-state index is 0.0956. The average molecular weight is 320 g/mol. The van der Waals surface area contributed by atoms with Crippen LogP contribution in [0.1, 0.15) is 12.0 Å². The van der Waals surface area contributed by atoms with Crippen LogP contribution in [0.2, 0.25) is 0 Å². The molecule has 0 radical (unpaired) electrons. The van der Waals surface area contributed by atoms with E-state index in [-0.39, 0.29) is 17.6 Å². The van der Waals surface area contributed by atoms with E-state index >= 15 is 0 Å². The molecule has 17 heavy (non-hydrogen) atoms. The smallest absolute Gasteiger partial charge is 0.154 e. The molecular weight excluding hydrogens is 306 g/mol. The maximum Gasteiger partial charge on any atom is 0.154 e. The van der Waals surface area contributed by atoms with Gasteiger partial charge in [0.2, 0.25) is 0 Å². The molecule has 0 amide bonds.